The molecule has 2 rings (SSSR count). The summed E-state index contributed by atoms with van der Waals surface area (Å²) < 4.78 is 5.67. The van der Waals surface area contributed by atoms with Gasteiger partial charge < -0.3 is 19.9 Å². The van der Waals surface area contributed by atoms with Crippen molar-refractivity contribution in [1.82, 2.24) is 15.1 Å². The molecule has 1 saturated carbocycles. The number of hydrogen-bond acceptors (Lipinski definition) is 3. The zero-order chi connectivity index (χ0) is 18.8. The van der Waals surface area contributed by atoms with Crippen molar-refractivity contribution in [3.05, 3.63) is 35.9 Å². The predicted molar refractivity (Wildman–Crippen MR) is 105 cm³/mol. The summed E-state index contributed by atoms with van der Waals surface area (Å²) in [6.07, 6.45) is 2.61. The van der Waals surface area contributed by atoms with Crippen LogP contribution >= 0.6 is 0 Å². The number of nitrogens with zero attached hydrogens (tertiary/aromatic N) is 3. The first-order valence-corrected chi connectivity index (χ1v) is 9.45. The van der Waals surface area contributed by atoms with Crippen LogP contribution in [0.5, 0.6) is 0 Å². The average molecular weight is 361 g/mol. The summed E-state index contributed by atoms with van der Waals surface area (Å²) in [5, 5.41) is 3.16. The maximum Gasteiger partial charge on any atom is 0.242 e. The molecule has 1 fully saturated rings. The standard InChI is InChI=1S/C20H32N4O2/c1-4-24(15-17-8-6-5-7-9-17)19(25)14-22-20(21-2)23(3)12-13-26-16-18-10-11-18/h5-9,18H,4,10-16H2,1-3H3,(H,21,22). The molecule has 0 unspecified atom stereocenters. The van der Waals surface area contributed by atoms with E-state index in [9.17, 15) is 4.79 Å². The van der Waals surface area contributed by atoms with Gasteiger partial charge in [-0.05, 0) is 31.2 Å². The van der Waals surface area contributed by atoms with Gasteiger partial charge >= 0.3 is 0 Å². The molecule has 0 heterocycles. The molecule has 0 radical (unpaired) electrons. The minimum atomic E-state index is 0.0656. The lowest BCUT2D eigenvalue weighted by atomic mass is 10.2. The summed E-state index contributed by atoms with van der Waals surface area (Å²) in [6, 6.07) is 10.1. The average Bonchev–Trinajstić information content (AvgIpc) is 3.48. The van der Waals surface area contributed by atoms with Gasteiger partial charge in [-0.1, -0.05) is 30.3 Å². The maximum atomic E-state index is 12.5. The Balaban J connectivity index is 1.73. The normalized spacial score (nSPS) is 14.2. The van der Waals surface area contributed by atoms with Crippen LogP contribution < -0.4 is 5.32 Å². The fraction of sp³-hybridized carbons (Fsp3) is 0.600. The highest BCUT2D eigenvalue weighted by Crippen LogP contribution is 2.28. The molecule has 0 atom stereocenters. The summed E-state index contributed by atoms with van der Waals surface area (Å²) in [7, 11) is 3.69. The lowest BCUT2D eigenvalue weighted by Gasteiger charge is -2.25. The van der Waals surface area contributed by atoms with Gasteiger partial charge in [0, 0.05) is 40.3 Å². The Hall–Kier alpha value is -2.08. The van der Waals surface area contributed by atoms with Crippen LogP contribution in [0, 0.1) is 5.92 Å². The van der Waals surface area contributed by atoms with Crippen LogP contribution in [0.1, 0.15) is 25.3 Å². The van der Waals surface area contributed by atoms with Gasteiger partial charge in [-0.3, -0.25) is 9.79 Å². The smallest absolute Gasteiger partial charge is 0.242 e. The number of benzene rings is 1. The molecule has 0 bridgehead atoms. The van der Waals surface area contributed by atoms with Gasteiger partial charge in [0.05, 0.1) is 13.2 Å². The minimum absolute atomic E-state index is 0.0656. The van der Waals surface area contributed by atoms with Crippen LogP contribution in [0.4, 0.5) is 0 Å². The molecule has 144 valence electrons. The van der Waals surface area contributed by atoms with Gasteiger partial charge in [0.25, 0.3) is 0 Å². The van der Waals surface area contributed by atoms with Crippen molar-refractivity contribution in [3.8, 4) is 0 Å². The van der Waals surface area contributed by atoms with Crippen LogP contribution in [0.2, 0.25) is 0 Å². The summed E-state index contributed by atoms with van der Waals surface area (Å²) in [4.78, 5) is 20.6. The molecular weight excluding hydrogens is 328 g/mol. The van der Waals surface area contributed by atoms with E-state index < -0.39 is 0 Å². The fourth-order valence-corrected chi connectivity index (χ4v) is 2.67. The van der Waals surface area contributed by atoms with E-state index in [1.165, 1.54) is 12.8 Å². The molecule has 1 aliphatic carbocycles. The summed E-state index contributed by atoms with van der Waals surface area (Å²) >= 11 is 0. The Morgan fingerprint density at radius 2 is 2.04 bits per heavy atom. The zero-order valence-corrected chi connectivity index (χ0v) is 16.3. The van der Waals surface area contributed by atoms with E-state index in [2.05, 4.69) is 10.3 Å². The van der Waals surface area contributed by atoms with Crippen molar-refractivity contribution in [2.45, 2.75) is 26.3 Å². The molecule has 0 spiro atoms. The van der Waals surface area contributed by atoms with Crippen molar-refractivity contribution < 1.29 is 9.53 Å². The molecule has 0 saturated heterocycles. The Kier molecular flexibility index (Phi) is 8.41. The molecule has 1 aromatic carbocycles. The lowest BCUT2D eigenvalue weighted by molar-refractivity contribution is -0.130. The molecule has 1 aliphatic rings. The molecule has 0 aliphatic heterocycles. The van der Waals surface area contributed by atoms with Gasteiger partial charge in [-0.15, -0.1) is 0 Å². The van der Waals surface area contributed by atoms with Crippen molar-refractivity contribution in [2.24, 2.45) is 10.9 Å². The van der Waals surface area contributed by atoms with E-state index in [0.717, 1.165) is 24.6 Å². The van der Waals surface area contributed by atoms with Crippen LogP contribution in [0.25, 0.3) is 0 Å². The maximum absolute atomic E-state index is 12.5. The molecule has 1 N–H and O–H groups in total. The Labute approximate surface area is 157 Å². The Morgan fingerprint density at radius 3 is 2.65 bits per heavy atom. The number of guanidine groups is 1. The second kappa shape index (κ2) is 10.8. The van der Waals surface area contributed by atoms with Crippen molar-refractivity contribution in [1.29, 1.82) is 0 Å². The van der Waals surface area contributed by atoms with Crippen molar-refractivity contribution in [3.63, 3.8) is 0 Å². The third-order valence-corrected chi connectivity index (χ3v) is 4.54. The molecule has 1 aromatic rings. The predicted octanol–water partition coefficient (Wildman–Crippen LogP) is 1.97. The summed E-state index contributed by atoms with van der Waals surface area (Å²) in [5.74, 6) is 1.56. The number of hydrogen-bond donors (Lipinski definition) is 1. The van der Waals surface area contributed by atoms with Crippen LogP contribution in [0.3, 0.4) is 0 Å². The lowest BCUT2D eigenvalue weighted by Crippen LogP contribution is -2.45. The van der Waals surface area contributed by atoms with Crippen LogP contribution in [-0.2, 0) is 16.1 Å². The van der Waals surface area contributed by atoms with E-state index >= 15 is 0 Å². The van der Waals surface area contributed by atoms with E-state index in [-0.39, 0.29) is 12.5 Å². The third-order valence-electron chi connectivity index (χ3n) is 4.54. The molecular formula is C20H32N4O2. The quantitative estimate of drug-likeness (QED) is 0.394. The number of carbonyl (C=O) groups excluding carboxylic acids is 1. The summed E-state index contributed by atoms with van der Waals surface area (Å²) in [6.45, 7) is 5.84. The monoisotopic (exact) mass is 360 g/mol. The van der Waals surface area contributed by atoms with Crippen LogP contribution in [-0.4, -0.2) is 68.6 Å². The van der Waals surface area contributed by atoms with Gasteiger partial charge in [-0.2, -0.15) is 0 Å². The number of aliphatic imine (C=N–C) groups is 1. The molecule has 6 nitrogen and oxygen atoms in total. The molecule has 0 aromatic heterocycles. The van der Waals surface area contributed by atoms with E-state index in [0.29, 0.717) is 25.7 Å². The Bertz CT molecular complexity index is 572. The number of likely N-dealkylation sites (N-methyl/N-ethyl adjacent to an activating group) is 2. The van der Waals surface area contributed by atoms with Gasteiger partial charge in [0.15, 0.2) is 5.96 Å². The van der Waals surface area contributed by atoms with Gasteiger partial charge in [-0.25, -0.2) is 0 Å². The first-order chi connectivity index (χ1) is 12.6. The fourth-order valence-electron chi connectivity index (χ4n) is 2.67. The second-order valence-corrected chi connectivity index (χ2v) is 6.73. The van der Waals surface area contributed by atoms with E-state index in [1.54, 1.807) is 7.05 Å². The minimum Gasteiger partial charge on any atom is -0.379 e. The zero-order valence-electron chi connectivity index (χ0n) is 16.3. The largest absolute Gasteiger partial charge is 0.379 e. The SMILES string of the molecule is CCN(Cc1ccccc1)C(=O)CNC(=NC)N(C)CCOCC1CC1. The van der Waals surface area contributed by atoms with Gasteiger partial charge in [0.1, 0.15) is 0 Å². The van der Waals surface area contributed by atoms with Crippen molar-refractivity contribution >= 4 is 11.9 Å². The Morgan fingerprint density at radius 1 is 1.31 bits per heavy atom. The first kappa shape index (κ1) is 20.2. The number of ether oxygens (including phenoxy) is 1. The third kappa shape index (κ3) is 7.04. The number of nitrogens with one attached hydrogen (secondary N) is 1. The summed E-state index contributed by atoms with van der Waals surface area (Å²) in [5.41, 5.74) is 1.14. The van der Waals surface area contributed by atoms with Gasteiger partial charge in [0.2, 0.25) is 5.91 Å². The van der Waals surface area contributed by atoms with E-state index in [1.807, 2.05) is 54.1 Å². The second-order valence-electron chi connectivity index (χ2n) is 6.73. The first-order valence-electron chi connectivity index (χ1n) is 9.45. The topological polar surface area (TPSA) is 57.2 Å². The number of carbonyl (C=O) groups is 1. The van der Waals surface area contributed by atoms with Crippen molar-refractivity contribution in [2.75, 3.05) is 46.9 Å². The highest BCUT2D eigenvalue weighted by atomic mass is 16.5. The molecule has 26 heavy (non-hydrogen) atoms. The van der Waals surface area contributed by atoms with E-state index in [4.69, 9.17) is 4.74 Å². The highest BCUT2D eigenvalue weighted by Gasteiger charge is 2.21. The highest BCUT2D eigenvalue weighted by molar-refractivity contribution is 5.86. The number of rotatable bonds is 10. The number of amides is 1. The molecule has 1 amide bonds. The molecule has 6 heteroatoms. The van der Waals surface area contributed by atoms with Crippen LogP contribution in [0.15, 0.2) is 35.3 Å².